The molecule has 0 aromatic heterocycles. The molecule has 3 atom stereocenters. The Labute approximate surface area is 233 Å². The summed E-state index contributed by atoms with van der Waals surface area (Å²) >= 11 is 0. The Morgan fingerprint density at radius 2 is 1.38 bits per heavy atom. The zero-order valence-corrected chi connectivity index (χ0v) is 22.2. The number of nitrogens with one attached hydrogen (secondary N) is 2. The number of aliphatic hydroxyl groups is 1. The number of hydrogen-bond acceptors (Lipinski definition) is 6. The third kappa shape index (κ3) is 3.97. The minimum Gasteiger partial charge on any atom is -0.468 e. The molecule has 4 aromatic carbocycles. The third-order valence-electron chi connectivity index (χ3n) is 8.16. The molecule has 3 unspecified atom stereocenters. The van der Waals surface area contributed by atoms with Crippen molar-refractivity contribution in [3.05, 3.63) is 138 Å². The maximum Gasteiger partial charge on any atom is 0.325 e. The van der Waals surface area contributed by atoms with Gasteiger partial charge in [-0.15, -0.1) is 0 Å². The van der Waals surface area contributed by atoms with Crippen molar-refractivity contribution in [3.8, 4) is 0 Å². The van der Waals surface area contributed by atoms with Gasteiger partial charge in [0.05, 0.1) is 18.7 Å². The second-order valence-corrected chi connectivity index (χ2v) is 10.2. The van der Waals surface area contributed by atoms with Crippen LogP contribution in [-0.2, 0) is 25.5 Å². The van der Waals surface area contributed by atoms with E-state index in [2.05, 4.69) is 51.9 Å². The topological polar surface area (TPSA) is 90.9 Å². The Balaban J connectivity index is 1.63. The second kappa shape index (κ2) is 10.3. The number of anilines is 1. The van der Waals surface area contributed by atoms with Crippen molar-refractivity contribution >= 4 is 17.6 Å². The number of rotatable bonds is 7. The van der Waals surface area contributed by atoms with Gasteiger partial charge in [-0.05, 0) is 22.8 Å². The first-order chi connectivity index (χ1) is 19.5. The number of carbonyl (C=O) groups excluding carboxylic acids is 2. The summed E-state index contributed by atoms with van der Waals surface area (Å²) < 4.78 is 4.78. The lowest BCUT2D eigenvalue weighted by Gasteiger charge is -2.48. The smallest absolute Gasteiger partial charge is 0.325 e. The summed E-state index contributed by atoms with van der Waals surface area (Å²) in [7, 11) is 1.29. The minimum absolute atomic E-state index is 0.128. The number of hydrogen-bond donors (Lipinski definition) is 3. The van der Waals surface area contributed by atoms with Crippen molar-refractivity contribution in [2.75, 3.05) is 19.0 Å². The molecule has 7 nitrogen and oxygen atoms in total. The van der Waals surface area contributed by atoms with Crippen LogP contribution in [0, 0.1) is 0 Å². The quantitative estimate of drug-likeness (QED) is 0.246. The maximum atomic E-state index is 14.0. The Kier molecular flexibility index (Phi) is 6.62. The number of esters is 1. The highest BCUT2D eigenvalue weighted by atomic mass is 16.5. The van der Waals surface area contributed by atoms with Gasteiger partial charge in [-0.3, -0.25) is 14.5 Å². The molecule has 3 N–H and O–H groups in total. The molecule has 0 saturated carbocycles. The van der Waals surface area contributed by atoms with E-state index in [1.54, 1.807) is 0 Å². The molecule has 6 rings (SSSR count). The van der Waals surface area contributed by atoms with Crippen molar-refractivity contribution in [3.63, 3.8) is 0 Å². The highest BCUT2D eigenvalue weighted by molar-refractivity contribution is 5.87. The SMILES string of the molecule is COC(=O)CNC(=O)C1CC2(O)c3ccccc3NC2N1C(c1ccccc1)(c1ccccc1)c1ccccc1. The molecule has 40 heavy (non-hydrogen) atoms. The number of methoxy groups -OCH3 is 1. The van der Waals surface area contributed by atoms with Crippen LogP contribution in [0.15, 0.2) is 115 Å². The number of para-hydroxylation sites is 1. The van der Waals surface area contributed by atoms with Crippen molar-refractivity contribution in [1.29, 1.82) is 0 Å². The lowest BCUT2D eigenvalue weighted by atomic mass is 9.74. The summed E-state index contributed by atoms with van der Waals surface area (Å²) in [5, 5.41) is 18.8. The first-order valence-corrected chi connectivity index (χ1v) is 13.4. The fraction of sp³-hybridized carbons (Fsp3) is 0.212. The predicted molar refractivity (Wildman–Crippen MR) is 152 cm³/mol. The van der Waals surface area contributed by atoms with Crippen LogP contribution in [0.25, 0.3) is 0 Å². The summed E-state index contributed by atoms with van der Waals surface area (Å²) in [6.45, 7) is -0.262. The maximum absolute atomic E-state index is 14.0. The average molecular weight is 534 g/mol. The van der Waals surface area contributed by atoms with E-state index in [0.717, 1.165) is 27.9 Å². The number of ether oxygens (including phenoxy) is 1. The van der Waals surface area contributed by atoms with Crippen LogP contribution < -0.4 is 10.6 Å². The van der Waals surface area contributed by atoms with E-state index in [4.69, 9.17) is 4.74 Å². The van der Waals surface area contributed by atoms with E-state index in [0.29, 0.717) is 0 Å². The molecular weight excluding hydrogens is 502 g/mol. The number of amides is 1. The number of nitrogens with zero attached hydrogens (tertiary/aromatic N) is 1. The van der Waals surface area contributed by atoms with Crippen LogP contribution in [0.2, 0.25) is 0 Å². The molecule has 202 valence electrons. The van der Waals surface area contributed by atoms with Gasteiger partial charge in [-0.25, -0.2) is 0 Å². The van der Waals surface area contributed by atoms with Gasteiger partial charge in [0.25, 0.3) is 0 Å². The first-order valence-electron chi connectivity index (χ1n) is 13.4. The summed E-state index contributed by atoms with van der Waals surface area (Å²) in [6, 6.07) is 37.1. The lowest BCUT2D eigenvalue weighted by molar-refractivity contribution is -0.142. The zero-order valence-electron chi connectivity index (χ0n) is 22.2. The molecule has 2 aliphatic heterocycles. The molecule has 1 amide bonds. The first kappa shape index (κ1) is 25.8. The normalized spacial score (nSPS) is 21.6. The number of benzene rings is 4. The molecular formula is C33H31N3O4. The van der Waals surface area contributed by atoms with E-state index < -0.39 is 29.3 Å². The fourth-order valence-corrected chi connectivity index (χ4v) is 6.48. The molecule has 0 aliphatic carbocycles. The third-order valence-corrected chi connectivity index (χ3v) is 8.16. The Bertz CT molecular complexity index is 1420. The van der Waals surface area contributed by atoms with Gasteiger partial charge in [0.1, 0.15) is 18.3 Å². The van der Waals surface area contributed by atoms with E-state index >= 15 is 0 Å². The Morgan fingerprint density at radius 1 is 0.875 bits per heavy atom. The van der Waals surface area contributed by atoms with E-state index in [1.165, 1.54) is 7.11 Å². The molecule has 2 heterocycles. The molecule has 1 saturated heterocycles. The molecule has 0 radical (unpaired) electrons. The van der Waals surface area contributed by atoms with Crippen LogP contribution in [0.5, 0.6) is 0 Å². The predicted octanol–water partition coefficient (Wildman–Crippen LogP) is 3.98. The van der Waals surface area contributed by atoms with Gasteiger partial charge in [0.15, 0.2) is 0 Å². The molecule has 0 spiro atoms. The lowest BCUT2D eigenvalue weighted by Crippen LogP contribution is -2.60. The Hall–Kier alpha value is -4.46. The molecule has 4 aromatic rings. The zero-order chi connectivity index (χ0) is 27.7. The molecule has 0 bridgehead atoms. The highest BCUT2D eigenvalue weighted by Crippen LogP contribution is 2.56. The van der Waals surface area contributed by atoms with Gasteiger partial charge in [0.2, 0.25) is 5.91 Å². The van der Waals surface area contributed by atoms with Crippen molar-refractivity contribution in [2.45, 2.75) is 29.8 Å². The van der Waals surface area contributed by atoms with Crippen LogP contribution in [0.4, 0.5) is 5.69 Å². The summed E-state index contributed by atoms with van der Waals surface area (Å²) in [6.07, 6.45) is -0.525. The van der Waals surface area contributed by atoms with Gasteiger partial charge in [-0.1, -0.05) is 109 Å². The molecule has 2 aliphatic rings. The van der Waals surface area contributed by atoms with Crippen LogP contribution in [-0.4, -0.2) is 47.7 Å². The van der Waals surface area contributed by atoms with Crippen molar-refractivity contribution in [2.24, 2.45) is 0 Å². The van der Waals surface area contributed by atoms with Gasteiger partial charge < -0.3 is 20.5 Å². The summed E-state index contributed by atoms with van der Waals surface area (Å²) in [5.41, 5.74) is 2.06. The summed E-state index contributed by atoms with van der Waals surface area (Å²) in [4.78, 5) is 28.1. The van der Waals surface area contributed by atoms with Crippen LogP contribution in [0.1, 0.15) is 28.7 Å². The highest BCUT2D eigenvalue weighted by Gasteiger charge is 2.64. The molecule has 7 heteroatoms. The van der Waals surface area contributed by atoms with E-state index in [1.807, 2.05) is 78.9 Å². The molecule has 1 fully saturated rings. The number of likely N-dealkylation sites (tertiary alicyclic amines) is 1. The number of fused-ring (bicyclic) bond motifs is 3. The summed E-state index contributed by atoms with van der Waals surface area (Å²) in [5.74, 6) is -0.902. The standard InChI is InChI=1S/C33H31N3O4/c1-40-29(37)22-34-30(38)28-21-32(39)26-19-11-12-20-27(26)35-31(32)36(28)33(23-13-5-2-6-14-23,24-15-7-3-8-16-24)25-17-9-4-10-18-25/h2-20,28,31,35,39H,21-22H2,1H3,(H,34,38). The minimum atomic E-state index is -1.37. The van der Waals surface area contributed by atoms with Gasteiger partial charge >= 0.3 is 5.97 Å². The largest absolute Gasteiger partial charge is 0.468 e. The van der Waals surface area contributed by atoms with E-state index in [-0.39, 0.29) is 18.9 Å². The van der Waals surface area contributed by atoms with Crippen LogP contribution >= 0.6 is 0 Å². The van der Waals surface area contributed by atoms with Crippen molar-refractivity contribution in [1.82, 2.24) is 10.2 Å². The van der Waals surface area contributed by atoms with Gasteiger partial charge in [0, 0.05) is 17.7 Å². The van der Waals surface area contributed by atoms with Crippen molar-refractivity contribution < 1.29 is 19.4 Å². The second-order valence-electron chi connectivity index (χ2n) is 10.2. The van der Waals surface area contributed by atoms with Crippen LogP contribution in [0.3, 0.4) is 0 Å². The van der Waals surface area contributed by atoms with Gasteiger partial charge in [-0.2, -0.15) is 0 Å². The van der Waals surface area contributed by atoms with E-state index in [9.17, 15) is 14.7 Å². The monoisotopic (exact) mass is 533 g/mol. The average Bonchev–Trinajstić information content (AvgIpc) is 3.47. The Morgan fingerprint density at radius 3 is 1.90 bits per heavy atom. The number of carbonyl (C=O) groups is 2. The fourth-order valence-electron chi connectivity index (χ4n) is 6.48.